The quantitative estimate of drug-likeness (QED) is 0.129. The number of nitrogens with zero attached hydrogens (tertiary/aromatic N) is 2. The fourth-order valence-electron chi connectivity index (χ4n) is 4.55. The van der Waals surface area contributed by atoms with Gasteiger partial charge in [0.25, 0.3) is 0 Å². The summed E-state index contributed by atoms with van der Waals surface area (Å²) >= 11 is -0.486. The second kappa shape index (κ2) is 13.8. The molecule has 2 aromatic rings. The van der Waals surface area contributed by atoms with Crippen molar-refractivity contribution in [3.05, 3.63) is 46.3 Å². The van der Waals surface area contributed by atoms with Crippen LogP contribution in [0.4, 0.5) is 10.1 Å². The number of benzene rings is 2. The van der Waals surface area contributed by atoms with Crippen molar-refractivity contribution in [2.75, 3.05) is 49.4 Å². The minimum absolute atomic E-state index is 0.0689. The number of halogens is 2. The third-order valence-corrected chi connectivity index (χ3v) is 9.84. The van der Waals surface area contributed by atoms with Gasteiger partial charge in [-0.15, -0.1) is 0 Å². The number of ether oxygens (including phenoxy) is 3. The van der Waals surface area contributed by atoms with Crippen LogP contribution in [-0.4, -0.2) is 59.3 Å². The van der Waals surface area contributed by atoms with Gasteiger partial charge in [0.2, 0.25) is 0 Å². The van der Waals surface area contributed by atoms with Gasteiger partial charge in [-0.2, -0.15) is 0 Å². The van der Waals surface area contributed by atoms with E-state index in [2.05, 4.69) is 31.0 Å². The summed E-state index contributed by atoms with van der Waals surface area (Å²) in [7, 11) is 1.66. The van der Waals surface area contributed by atoms with Gasteiger partial charge in [-0.25, -0.2) is 4.39 Å². The topological polar surface area (TPSA) is 80.3 Å². The summed E-state index contributed by atoms with van der Waals surface area (Å²) in [5.41, 5.74) is 3.33. The normalized spacial score (nSPS) is 14.0. The summed E-state index contributed by atoms with van der Waals surface area (Å²) in [6.07, 6.45) is 0. The number of hydrogen-bond acceptors (Lipinski definition) is 7. The Hall–Kier alpha value is -2.60. The molecule has 0 atom stereocenters. The predicted octanol–water partition coefficient (Wildman–Crippen LogP) is 1.84. The number of ketones is 1. The molecule has 1 N–H and O–H groups in total. The number of nitrogens with one attached hydrogen (secondary N) is 1. The summed E-state index contributed by atoms with van der Waals surface area (Å²) in [6.45, 7) is 15.7. The minimum atomic E-state index is -0.486. The van der Waals surface area contributed by atoms with Crippen molar-refractivity contribution in [3.63, 3.8) is 0 Å². The smallest absolute Gasteiger partial charge is 0.487 e. The Labute approximate surface area is 248 Å². The number of rotatable bonds is 11. The van der Waals surface area contributed by atoms with Gasteiger partial charge in [-0.05, 0) is 13.8 Å². The SMILES string of the molecule is CCOc1cc(CNCC(=O)c2cc(N3CCN(C(C)=O)[I-]C3)c(OC)c(C(C)(C)C)c2)c(C)c(F)c1OCC. The summed E-state index contributed by atoms with van der Waals surface area (Å²) in [5.74, 6) is 0.840. The van der Waals surface area contributed by atoms with E-state index in [0.717, 1.165) is 21.6 Å². The zero-order chi connectivity index (χ0) is 29.6. The van der Waals surface area contributed by atoms with Crippen LogP contribution in [0.5, 0.6) is 17.2 Å². The molecule has 40 heavy (non-hydrogen) atoms. The first-order chi connectivity index (χ1) is 18.9. The molecule has 3 rings (SSSR count). The predicted molar refractivity (Wildman–Crippen MR) is 151 cm³/mol. The van der Waals surface area contributed by atoms with E-state index >= 15 is 4.39 Å². The van der Waals surface area contributed by atoms with Crippen LogP contribution in [0.2, 0.25) is 0 Å². The van der Waals surface area contributed by atoms with Crippen LogP contribution in [0.1, 0.15) is 68.6 Å². The number of amides is 1. The molecular formula is C30H42FIN3O5-. The third kappa shape index (κ3) is 7.37. The van der Waals surface area contributed by atoms with Crippen molar-refractivity contribution in [1.82, 2.24) is 8.43 Å². The molecule has 1 saturated heterocycles. The zero-order valence-electron chi connectivity index (χ0n) is 24.9. The molecule has 0 saturated carbocycles. The van der Waals surface area contributed by atoms with Crippen LogP contribution in [0.25, 0.3) is 0 Å². The molecule has 222 valence electrons. The zero-order valence-corrected chi connectivity index (χ0v) is 27.0. The van der Waals surface area contributed by atoms with Crippen LogP contribution in [0.3, 0.4) is 0 Å². The standard InChI is InChI=1S/C30H42FIN3O5/c1-9-39-26-15-22(19(3)27(31)29(26)40-10-2)16-33-17-25(37)21-13-23(30(5,6)7)28(38-8)24(14-21)34-11-12-35(20(4)36)32-18-34/h13-15,33H,9-12,16-18H2,1-8H3/q-1. The monoisotopic (exact) mass is 670 g/mol. The molecular weight excluding hydrogens is 628 g/mol. The Bertz CT molecular complexity index is 1220. The van der Waals surface area contributed by atoms with Crippen molar-refractivity contribution in [2.45, 2.75) is 60.4 Å². The minimum Gasteiger partial charge on any atom is -0.487 e. The van der Waals surface area contributed by atoms with Crippen LogP contribution in [0.15, 0.2) is 18.2 Å². The molecule has 10 heteroatoms. The second-order valence-corrected chi connectivity index (χ2v) is 13.2. The molecule has 1 fully saturated rings. The molecule has 0 aliphatic carbocycles. The van der Waals surface area contributed by atoms with E-state index in [-0.39, 0.29) is 29.4 Å². The molecule has 8 nitrogen and oxygen atoms in total. The van der Waals surface area contributed by atoms with Gasteiger partial charge in [0.1, 0.15) is 0 Å². The Morgan fingerprint density at radius 3 is 2.33 bits per heavy atom. The maximum absolute atomic E-state index is 15.1. The Balaban J connectivity index is 1.85. The average Bonchev–Trinajstić information content (AvgIpc) is 2.92. The van der Waals surface area contributed by atoms with Gasteiger partial charge in [0.15, 0.2) is 5.75 Å². The van der Waals surface area contributed by atoms with Gasteiger partial charge in [0, 0.05) is 0 Å². The average molecular weight is 671 g/mol. The van der Waals surface area contributed by atoms with Gasteiger partial charge in [0.05, 0.1) is 13.2 Å². The van der Waals surface area contributed by atoms with Crippen molar-refractivity contribution >= 4 is 17.4 Å². The number of methoxy groups -OCH3 is 1. The molecule has 2 aromatic carbocycles. The van der Waals surface area contributed by atoms with Gasteiger partial charge in [-0.3, -0.25) is 0 Å². The molecule has 0 bridgehead atoms. The van der Waals surface area contributed by atoms with E-state index in [0.29, 0.717) is 55.3 Å². The number of carbonyl (C=O) groups is 2. The van der Waals surface area contributed by atoms with Gasteiger partial charge in [-0.1, -0.05) is 0 Å². The molecule has 1 aliphatic rings. The van der Waals surface area contributed by atoms with Crippen LogP contribution >= 0.6 is 0 Å². The first kappa shape index (κ1) is 31.9. The Kier molecular flexibility index (Phi) is 11.0. The van der Waals surface area contributed by atoms with E-state index in [1.807, 2.05) is 22.2 Å². The number of anilines is 1. The van der Waals surface area contributed by atoms with Gasteiger partial charge < -0.3 is 9.47 Å². The van der Waals surface area contributed by atoms with Crippen molar-refractivity contribution < 1.29 is 49.7 Å². The van der Waals surface area contributed by atoms with Gasteiger partial charge >= 0.3 is 202 Å². The number of hydrogen-bond donors (Lipinski definition) is 1. The summed E-state index contributed by atoms with van der Waals surface area (Å²) in [4.78, 5) is 27.6. The molecule has 1 heterocycles. The molecule has 1 amide bonds. The molecule has 1 aliphatic heterocycles. The van der Waals surface area contributed by atoms with E-state index < -0.39 is 27.3 Å². The first-order valence-electron chi connectivity index (χ1n) is 13.6. The fourth-order valence-corrected chi connectivity index (χ4v) is 7.04. The first-order valence-corrected chi connectivity index (χ1v) is 16.1. The van der Waals surface area contributed by atoms with Crippen molar-refractivity contribution in [1.29, 1.82) is 0 Å². The molecule has 0 radical (unpaired) electrons. The number of carbonyl (C=O) groups excluding carboxylic acids is 2. The van der Waals surface area contributed by atoms with E-state index in [1.165, 1.54) is 0 Å². The van der Waals surface area contributed by atoms with Crippen LogP contribution in [-0.2, 0) is 16.8 Å². The summed E-state index contributed by atoms with van der Waals surface area (Å²) < 4.78 is 34.8. The third-order valence-electron chi connectivity index (χ3n) is 6.72. The Morgan fingerprint density at radius 1 is 1.07 bits per heavy atom. The Morgan fingerprint density at radius 2 is 1.77 bits per heavy atom. The van der Waals surface area contributed by atoms with Crippen molar-refractivity contribution in [2.24, 2.45) is 0 Å². The molecule has 0 aromatic heterocycles. The number of alkyl halides is 1. The molecule has 0 unspecified atom stereocenters. The van der Waals surface area contributed by atoms with E-state index in [9.17, 15) is 9.59 Å². The van der Waals surface area contributed by atoms with E-state index in [4.69, 9.17) is 14.2 Å². The summed E-state index contributed by atoms with van der Waals surface area (Å²) in [5, 5.41) is 3.20. The maximum atomic E-state index is 15.1. The second-order valence-electron chi connectivity index (χ2n) is 10.6. The molecule has 0 spiro atoms. The van der Waals surface area contributed by atoms with Crippen molar-refractivity contribution in [3.8, 4) is 17.2 Å². The van der Waals surface area contributed by atoms with Crippen LogP contribution in [0, 0.1) is 12.7 Å². The fraction of sp³-hybridized carbons (Fsp3) is 0.533. The van der Waals surface area contributed by atoms with E-state index in [1.54, 1.807) is 33.9 Å². The van der Waals surface area contributed by atoms with Crippen LogP contribution < -0.4 is 45.9 Å². The number of Topliss-reactive ketones (excluding diaryl/α,β-unsaturated/α-hetero) is 1. The summed E-state index contributed by atoms with van der Waals surface area (Å²) in [6, 6.07) is 5.60.